The Hall–Kier alpha value is -4.30. The van der Waals surface area contributed by atoms with Gasteiger partial charge >= 0.3 is 6.16 Å². The van der Waals surface area contributed by atoms with E-state index in [1.165, 1.54) is 12.1 Å². The van der Waals surface area contributed by atoms with Gasteiger partial charge in [-0.2, -0.15) is 0 Å². The van der Waals surface area contributed by atoms with Crippen molar-refractivity contribution in [1.82, 2.24) is 16.0 Å². The topological polar surface area (TPSA) is 392 Å². The number of nitrogens with one attached hydrogen (secondary N) is 3. The van der Waals surface area contributed by atoms with E-state index in [9.17, 15) is 59.9 Å². The maximum atomic E-state index is 13.8. The normalized spacial score (nSPS) is 33.1. The molecular formula is C36H54N4O23. The van der Waals surface area contributed by atoms with Crippen LogP contribution in [0.15, 0.2) is 24.3 Å². The summed E-state index contributed by atoms with van der Waals surface area (Å²) in [7, 11) is 2.23. The molecule has 0 bridgehead atoms. The van der Waals surface area contributed by atoms with Crippen molar-refractivity contribution in [2.24, 2.45) is 0 Å². The molecule has 27 heteroatoms. The molecule has 11 N–H and O–H groups in total. The van der Waals surface area contributed by atoms with Crippen molar-refractivity contribution in [2.75, 3.05) is 53.7 Å². The molecule has 0 saturated carbocycles. The number of ether oxygens (including phenoxy) is 9. The number of amides is 3. The van der Waals surface area contributed by atoms with E-state index in [1.54, 1.807) is 0 Å². The van der Waals surface area contributed by atoms with E-state index in [-0.39, 0.29) is 70.2 Å². The van der Waals surface area contributed by atoms with Gasteiger partial charge in [0.1, 0.15) is 60.7 Å². The molecule has 4 rings (SSSR count). The third-order valence-corrected chi connectivity index (χ3v) is 9.85. The molecule has 3 heterocycles. The minimum absolute atomic E-state index is 0.0259. The fourth-order valence-electron chi connectivity index (χ4n) is 6.52. The maximum Gasteiger partial charge on any atom is 0.513 e. The summed E-state index contributed by atoms with van der Waals surface area (Å²) >= 11 is 0. The average Bonchev–Trinajstić information content (AvgIpc) is 3.26. The van der Waals surface area contributed by atoms with Crippen LogP contribution in [0.25, 0.3) is 0 Å². The van der Waals surface area contributed by atoms with Crippen LogP contribution in [-0.4, -0.2) is 215 Å². The van der Waals surface area contributed by atoms with Crippen molar-refractivity contribution in [3.8, 4) is 5.75 Å². The fourth-order valence-corrected chi connectivity index (χ4v) is 6.52. The second kappa shape index (κ2) is 24.7. The van der Waals surface area contributed by atoms with Crippen LogP contribution in [0, 0.1) is 10.1 Å². The molecule has 27 nitrogen and oxygen atoms in total. The number of rotatable bonds is 21. The largest absolute Gasteiger partial charge is 0.513 e. The molecule has 0 aromatic heterocycles. The second-order valence-corrected chi connectivity index (χ2v) is 14.2. The summed E-state index contributed by atoms with van der Waals surface area (Å²) < 4.78 is 48.7. The van der Waals surface area contributed by atoms with Crippen molar-refractivity contribution in [3.05, 3.63) is 34.4 Å². The highest BCUT2D eigenvalue weighted by Crippen LogP contribution is 2.33. The first-order chi connectivity index (χ1) is 30.1. The van der Waals surface area contributed by atoms with Gasteiger partial charge in [0, 0.05) is 59.2 Å². The SMILES string of the molecule is COC1OC(C(=O)NCCCO)C(OC2OC(C(=O)NCCCOC(=O)Oc3ccc([N+](=O)[O-])cc3)C(OC3OC(C(=O)NCCCO)C(OC)C(O)C3O)C(O)C2O)C(O)C1O. The highest BCUT2D eigenvalue weighted by atomic mass is 16.8. The Bertz CT molecular complexity index is 1650. The number of aliphatic hydroxyl groups is 8. The van der Waals surface area contributed by atoms with E-state index in [0.717, 1.165) is 26.4 Å². The number of carbonyl (C=O) groups is 4. The molecule has 3 fully saturated rings. The summed E-state index contributed by atoms with van der Waals surface area (Å²) in [6, 6.07) is 4.54. The Balaban J connectivity index is 1.53. The Morgan fingerprint density at radius 3 is 1.46 bits per heavy atom. The molecule has 1 aromatic rings. The van der Waals surface area contributed by atoms with Gasteiger partial charge in [0.25, 0.3) is 23.4 Å². The molecule has 0 radical (unpaired) electrons. The number of hydrogen-bond donors (Lipinski definition) is 11. The summed E-state index contributed by atoms with van der Waals surface area (Å²) in [5, 5.41) is 103. The molecule has 3 amide bonds. The van der Waals surface area contributed by atoms with Crippen molar-refractivity contribution in [2.45, 2.75) is 111 Å². The number of non-ortho nitro benzene ring substituents is 1. The third-order valence-electron chi connectivity index (χ3n) is 9.85. The lowest BCUT2D eigenvalue weighted by molar-refractivity contribution is -0.384. The van der Waals surface area contributed by atoms with Gasteiger partial charge in [-0.15, -0.1) is 0 Å². The molecule has 0 aliphatic carbocycles. The van der Waals surface area contributed by atoms with Gasteiger partial charge < -0.3 is 99.4 Å². The molecular weight excluding hydrogens is 856 g/mol. The van der Waals surface area contributed by atoms with E-state index >= 15 is 0 Å². The number of nitro groups is 1. The maximum absolute atomic E-state index is 13.8. The van der Waals surface area contributed by atoms with E-state index < -0.39 is 121 Å². The van der Waals surface area contributed by atoms with Crippen LogP contribution in [0.5, 0.6) is 5.75 Å². The summed E-state index contributed by atoms with van der Waals surface area (Å²) in [6.07, 6.45) is -29.8. The lowest BCUT2D eigenvalue weighted by Gasteiger charge is -2.48. The second-order valence-electron chi connectivity index (χ2n) is 14.2. The van der Waals surface area contributed by atoms with Crippen molar-refractivity contribution in [3.63, 3.8) is 0 Å². The number of benzene rings is 1. The zero-order valence-electron chi connectivity index (χ0n) is 34.0. The Morgan fingerprint density at radius 2 is 1.03 bits per heavy atom. The smallest absolute Gasteiger partial charge is 0.434 e. The quantitative estimate of drug-likeness (QED) is 0.0180. The van der Waals surface area contributed by atoms with Crippen LogP contribution in [0.2, 0.25) is 0 Å². The minimum Gasteiger partial charge on any atom is -0.434 e. The third kappa shape index (κ3) is 13.4. The van der Waals surface area contributed by atoms with Crippen LogP contribution in [0.4, 0.5) is 10.5 Å². The monoisotopic (exact) mass is 910 g/mol. The zero-order valence-corrected chi connectivity index (χ0v) is 34.0. The summed E-state index contributed by atoms with van der Waals surface area (Å²) in [5.74, 6) is -2.95. The first-order valence-electron chi connectivity index (χ1n) is 19.6. The highest BCUT2D eigenvalue weighted by molar-refractivity contribution is 5.83. The number of nitrogens with zero attached hydrogens (tertiary/aromatic N) is 1. The lowest BCUT2D eigenvalue weighted by Crippen LogP contribution is -2.69. The van der Waals surface area contributed by atoms with Gasteiger partial charge in [0.2, 0.25) is 0 Å². The van der Waals surface area contributed by atoms with Gasteiger partial charge in [-0.3, -0.25) is 24.5 Å². The molecule has 3 saturated heterocycles. The molecule has 63 heavy (non-hydrogen) atoms. The first-order valence-corrected chi connectivity index (χ1v) is 19.6. The minimum atomic E-state index is -2.22. The van der Waals surface area contributed by atoms with Gasteiger partial charge in [-0.05, 0) is 31.4 Å². The number of methoxy groups -OCH3 is 2. The molecule has 3 aliphatic rings. The van der Waals surface area contributed by atoms with Gasteiger partial charge in [0.15, 0.2) is 37.2 Å². The lowest BCUT2D eigenvalue weighted by atomic mass is 9.95. The molecule has 15 unspecified atom stereocenters. The first kappa shape index (κ1) is 51.3. The van der Waals surface area contributed by atoms with Gasteiger partial charge in [-0.1, -0.05) is 0 Å². The zero-order chi connectivity index (χ0) is 46.4. The Morgan fingerprint density at radius 1 is 0.619 bits per heavy atom. The summed E-state index contributed by atoms with van der Waals surface area (Å²) in [6.45, 7) is -1.28. The molecule has 1 aromatic carbocycles. The van der Waals surface area contributed by atoms with Gasteiger partial charge in [0.05, 0.1) is 11.5 Å². The molecule has 15 atom stereocenters. The van der Waals surface area contributed by atoms with E-state index in [0.29, 0.717) is 0 Å². The predicted octanol–water partition coefficient (Wildman–Crippen LogP) is -5.61. The number of carbonyl (C=O) groups excluding carboxylic acids is 4. The fraction of sp³-hybridized carbons (Fsp3) is 0.722. The van der Waals surface area contributed by atoms with Crippen LogP contribution in [0.3, 0.4) is 0 Å². The highest BCUT2D eigenvalue weighted by Gasteiger charge is 2.56. The summed E-state index contributed by atoms with van der Waals surface area (Å²) in [5.41, 5.74) is -0.246. The molecule has 0 spiro atoms. The number of hydrogen-bond acceptors (Lipinski definition) is 23. The Kier molecular flexibility index (Phi) is 20.1. The standard InChI is InChI=1S/C36H54N4O23/c1-55-24-18(43)22(47)34(62-27(24)30(49)37-10-3-13-41)60-26-20(45)23(48)35(59-25-19(44)21(46)33(56-2)61-28(25)31(50)38-11-4-14-42)63-29(26)32(51)39-12-5-15-57-36(52)58-17-8-6-16(7-9-17)40(53)54/h6-9,18-29,33-35,41-48H,3-5,10-15H2,1-2H3,(H,37,49)(H,38,50)(H,39,51). The molecule has 3 aliphatic heterocycles. The molecule has 356 valence electrons. The summed E-state index contributed by atoms with van der Waals surface area (Å²) in [4.78, 5) is 62.4. The van der Waals surface area contributed by atoms with Crippen LogP contribution in [0.1, 0.15) is 19.3 Å². The van der Waals surface area contributed by atoms with Crippen LogP contribution < -0.4 is 20.7 Å². The number of aliphatic hydroxyl groups excluding tert-OH is 8. The average molecular weight is 911 g/mol. The van der Waals surface area contributed by atoms with Crippen molar-refractivity contribution >= 4 is 29.6 Å². The van der Waals surface area contributed by atoms with Crippen molar-refractivity contribution < 1.29 is 108 Å². The Labute approximate surface area is 358 Å². The van der Waals surface area contributed by atoms with E-state index in [4.69, 9.17) is 52.8 Å². The predicted molar refractivity (Wildman–Crippen MR) is 202 cm³/mol. The van der Waals surface area contributed by atoms with E-state index in [2.05, 4.69) is 16.0 Å². The number of nitro benzene ring substituents is 1. The van der Waals surface area contributed by atoms with Crippen molar-refractivity contribution in [1.29, 1.82) is 0 Å². The van der Waals surface area contributed by atoms with Crippen LogP contribution >= 0.6 is 0 Å². The van der Waals surface area contributed by atoms with Crippen LogP contribution in [-0.2, 0) is 52.3 Å². The van der Waals surface area contributed by atoms with E-state index in [1.807, 2.05) is 0 Å². The van der Waals surface area contributed by atoms with Gasteiger partial charge in [-0.25, -0.2) is 4.79 Å².